The van der Waals surface area contributed by atoms with E-state index < -0.39 is 11.6 Å². The van der Waals surface area contributed by atoms with Crippen LogP contribution in [0.4, 0.5) is 0 Å². The first-order valence-corrected chi connectivity index (χ1v) is 8.10. The van der Waals surface area contributed by atoms with Crippen LogP contribution >= 0.6 is 15.9 Å². The van der Waals surface area contributed by atoms with Gasteiger partial charge in [0.25, 0.3) is 0 Å². The lowest BCUT2D eigenvalue weighted by Gasteiger charge is -2.35. The largest absolute Gasteiger partial charge is 0.479 e. The minimum absolute atomic E-state index is 0.00742. The Hall–Kier alpha value is -1.40. The van der Waals surface area contributed by atoms with Gasteiger partial charge in [0.15, 0.2) is 5.60 Å². The third-order valence-electron chi connectivity index (χ3n) is 4.19. The number of amides is 1. The number of aliphatic hydroxyl groups is 1. The molecule has 0 atom stereocenters. The zero-order valence-electron chi connectivity index (χ0n) is 12.5. The van der Waals surface area contributed by atoms with Crippen molar-refractivity contribution < 1.29 is 19.8 Å². The quantitative estimate of drug-likeness (QED) is 0.851. The summed E-state index contributed by atoms with van der Waals surface area (Å²) in [4.78, 5) is 24.8. The van der Waals surface area contributed by atoms with Crippen molar-refractivity contribution in [3.8, 4) is 0 Å². The van der Waals surface area contributed by atoms with E-state index in [1.807, 2.05) is 19.1 Å². The van der Waals surface area contributed by atoms with Crippen molar-refractivity contribution in [3.05, 3.63) is 33.8 Å². The van der Waals surface area contributed by atoms with Crippen molar-refractivity contribution in [2.24, 2.45) is 0 Å². The highest BCUT2D eigenvalue weighted by molar-refractivity contribution is 9.10. The van der Waals surface area contributed by atoms with E-state index in [1.54, 1.807) is 4.90 Å². The van der Waals surface area contributed by atoms with Gasteiger partial charge in [-0.3, -0.25) is 4.79 Å². The molecule has 0 aliphatic carbocycles. The van der Waals surface area contributed by atoms with Crippen LogP contribution in [0.5, 0.6) is 0 Å². The molecule has 0 saturated carbocycles. The summed E-state index contributed by atoms with van der Waals surface area (Å²) in [6, 6.07) is 6.02. The zero-order valence-corrected chi connectivity index (χ0v) is 14.1. The number of likely N-dealkylation sites (tertiary alicyclic amines) is 1. The maximum absolute atomic E-state index is 12.2. The number of rotatable bonds is 4. The van der Waals surface area contributed by atoms with E-state index >= 15 is 0 Å². The van der Waals surface area contributed by atoms with Crippen molar-refractivity contribution in [1.29, 1.82) is 0 Å². The van der Waals surface area contributed by atoms with E-state index in [1.165, 1.54) is 0 Å². The Morgan fingerprint density at radius 3 is 2.50 bits per heavy atom. The highest BCUT2D eigenvalue weighted by Gasteiger charge is 2.40. The lowest BCUT2D eigenvalue weighted by Crippen LogP contribution is -2.50. The van der Waals surface area contributed by atoms with E-state index in [0.29, 0.717) is 25.9 Å². The Bertz CT molecular complexity index is 580. The predicted molar refractivity (Wildman–Crippen MR) is 85.6 cm³/mol. The second kappa shape index (κ2) is 6.79. The van der Waals surface area contributed by atoms with Crippen LogP contribution in [0.3, 0.4) is 0 Å². The molecule has 1 aromatic carbocycles. The molecule has 0 bridgehead atoms. The van der Waals surface area contributed by atoms with Crippen molar-refractivity contribution in [3.63, 3.8) is 0 Å². The van der Waals surface area contributed by atoms with Gasteiger partial charge < -0.3 is 15.1 Å². The molecule has 5 nitrogen and oxygen atoms in total. The minimum Gasteiger partial charge on any atom is -0.479 e. The standard InChI is InChI=1S/C16H20BrNO4/c1-11-10-12(2-4-13(11)17)3-5-14(19)18-8-6-16(22,7-9-18)15(20)21/h2,4,10,22H,3,5-9H2,1H3,(H,20,21). The smallest absolute Gasteiger partial charge is 0.335 e. The van der Waals surface area contributed by atoms with Crippen LogP contribution in [0.2, 0.25) is 0 Å². The normalized spacial score (nSPS) is 17.3. The number of hydrogen-bond donors (Lipinski definition) is 2. The summed E-state index contributed by atoms with van der Waals surface area (Å²) in [7, 11) is 0. The molecule has 0 spiro atoms. The van der Waals surface area contributed by atoms with Crippen molar-refractivity contribution >= 4 is 27.8 Å². The molecule has 1 saturated heterocycles. The lowest BCUT2D eigenvalue weighted by atomic mass is 9.91. The number of halogens is 1. The van der Waals surface area contributed by atoms with Gasteiger partial charge in [-0.15, -0.1) is 0 Å². The molecule has 6 heteroatoms. The lowest BCUT2D eigenvalue weighted by molar-refractivity contribution is -0.165. The van der Waals surface area contributed by atoms with Gasteiger partial charge in [0, 0.05) is 36.8 Å². The molecule has 1 amide bonds. The molecule has 1 aliphatic rings. The Morgan fingerprint density at radius 2 is 1.95 bits per heavy atom. The van der Waals surface area contributed by atoms with Gasteiger partial charge in [-0.2, -0.15) is 0 Å². The van der Waals surface area contributed by atoms with E-state index in [-0.39, 0.29) is 18.7 Å². The first kappa shape index (κ1) is 17.0. The molecule has 2 N–H and O–H groups in total. The maximum atomic E-state index is 12.2. The van der Waals surface area contributed by atoms with Gasteiger partial charge >= 0.3 is 5.97 Å². The van der Waals surface area contributed by atoms with Crippen LogP contribution in [0.15, 0.2) is 22.7 Å². The topological polar surface area (TPSA) is 77.8 Å². The fourth-order valence-corrected chi connectivity index (χ4v) is 2.86. The van der Waals surface area contributed by atoms with Gasteiger partial charge in [-0.1, -0.05) is 28.1 Å². The molecule has 22 heavy (non-hydrogen) atoms. The van der Waals surface area contributed by atoms with Crippen LogP contribution in [0.1, 0.15) is 30.4 Å². The number of carboxylic acids is 1. The van der Waals surface area contributed by atoms with Gasteiger partial charge in [-0.25, -0.2) is 4.79 Å². The average Bonchev–Trinajstić information content (AvgIpc) is 2.49. The van der Waals surface area contributed by atoms with E-state index in [2.05, 4.69) is 22.0 Å². The summed E-state index contributed by atoms with van der Waals surface area (Å²) in [6.07, 6.45) is 1.23. The summed E-state index contributed by atoms with van der Waals surface area (Å²) >= 11 is 3.45. The Balaban J connectivity index is 1.86. The van der Waals surface area contributed by atoms with E-state index in [4.69, 9.17) is 5.11 Å². The van der Waals surface area contributed by atoms with Gasteiger partial charge in [-0.05, 0) is 30.5 Å². The number of benzene rings is 1. The third-order valence-corrected chi connectivity index (χ3v) is 5.08. The third kappa shape index (κ3) is 3.87. The Morgan fingerprint density at radius 1 is 1.32 bits per heavy atom. The number of carbonyl (C=O) groups is 2. The van der Waals surface area contributed by atoms with Crippen LogP contribution in [0, 0.1) is 6.92 Å². The Labute approximate surface area is 138 Å². The summed E-state index contributed by atoms with van der Waals surface area (Å²) < 4.78 is 1.05. The molecule has 0 radical (unpaired) electrons. The van der Waals surface area contributed by atoms with Crippen molar-refractivity contribution in [2.45, 2.75) is 38.2 Å². The number of piperidine rings is 1. The van der Waals surface area contributed by atoms with Gasteiger partial charge in [0.1, 0.15) is 0 Å². The van der Waals surface area contributed by atoms with Crippen LogP contribution < -0.4 is 0 Å². The molecular formula is C16H20BrNO4. The molecule has 0 unspecified atom stereocenters. The highest BCUT2D eigenvalue weighted by atomic mass is 79.9. The monoisotopic (exact) mass is 369 g/mol. The second-order valence-corrected chi connectivity index (χ2v) is 6.66. The van der Waals surface area contributed by atoms with Crippen LogP contribution in [0.25, 0.3) is 0 Å². The number of aliphatic carboxylic acids is 1. The summed E-state index contributed by atoms with van der Waals surface area (Å²) in [6.45, 7) is 2.59. The summed E-state index contributed by atoms with van der Waals surface area (Å²) in [5, 5.41) is 18.8. The molecule has 1 fully saturated rings. The second-order valence-electron chi connectivity index (χ2n) is 5.80. The van der Waals surface area contributed by atoms with Crippen LogP contribution in [-0.4, -0.2) is 45.7 Å². The SMILES string of the molecule is Cc1cc(CCC(=O)N2CCC(O)(C(=O)O)CC2)ccc1Br. The number of carbonyl (C=O) groups excluding carboxylic acids is 1. The predicted octanol–water partition coefficient (Wildman–Crippen LogP) is 2.13. The van der Waals surface area contributed by atoms with Crippen molar-refractivity contribution in [1.82, 2.24) is 4.90 Å². The number of carboxylic acid groups (broad SMARTS) is 1. The van der Waals surface area contributed by atoms with E-state index in [0.717, 1.165) is 15.6 Å². The summed E-state index contributed by atoms with van der Waals surface area (Å²) in [5.41, 5.74) is 0.558. The zero-order chi connectivity index (χ0) is 16.3. The van der Waals surface area contributed by atoms with Gasteiger partial charge in [0.2, 0.25) is 5.91 Å². The average molecular weight is 370 g/mol. The van der Waals surface area contributed by atoms with Crippen molar-refractivity contribution in [2.75, 3.05) is 13.1 Å². The molecule has 1 heterocycles. The highest BCUT2D eigenvalue weighted by Crippen LogP contribution is 2.23. The molecule has 0 aromatic heterocycles. The first-order valence-electron chi connectivity index (χ1n) is 7.30. The number of aryl methyl sites for hydroxylation is 2. The fraction of sp³-hybridized carbons (Fsp3) is 0.500. The number of hydrogen-bond acceptors (Lipinski definition) is 3. The molecular weight excluding hydrogens is 350 g/mol. The minimum atomic E-state index is -1.68. The number of nitrogens with zero attached hydrogens (tertiary/aromatic N) is 1. The van der Waals surface area contributed by atoms with E-state index in [9.17, 15) is 14.7 Å². The molecule has 1 aliphatic heterocycles. The van der Waals surface area contributed by atoms with Crippen LogP contribution in [-0.2, 0) is 16.0 Å². The first-order chi connectivity index (χ1) is 10.3. The fourth-order valence-electron chi connectivity index (χ4n) is 2.61. The molecule has 1 aromatic rings. The Kier molecular flexibility index (Phi) is 5.24. The van der Waals surface area contributed by atoms with Gasteiger partial charge in [0.05, 0.1) is 0 Å². The molecule has 2 rings (SSSR count). The maximum Gasteiger partial charge on any atom is 0.335 e. The molecule has 120 valence electrons. The summed E-state index contributed by atoms with van der Waals surface area (Å²) in [5.74, 6) is -1.20.